The molecule has 3 aromatic rings. The maximum absolute atomic E-state index is 12.6. The number of nitrogens with two attached hydrogens (primary N) is 1. The molecule has 1 amide bonds. The highest BCUT2D eigenvalue weighted by atomic mass is 19.4. The molecule has 162 valence electrons. The third-order valence-electron chi connectivity index (χ3n) is 4.64. The van der Waals surface area contributed by atoms with Crippen molar-refractivity contribution in [1.29, 1.82) is 0 Å². The number of rotatable bonds is 8. The molecule has 3 rings (SSSR count). The number of amides is 1. The second-order valence-corrected chi connectivity index (χ2v) is 7.18. The van der Waals surface area contributed by atoms with Gasteiger partial charge in [-0.1, -0.05) is 24.3 Å². The molecule has 5 nitrogen and oxygen atoms in total. The van der Waals surface area contributed by atoms with Crippen LogP contribution in [0.5, 0.6) is 11.6 Å². The summed E-state index contributed by atoms with van der Waals surface area (Å²) < 4.78 is 43.5. The van der Waals surface area contributed by atoms with Crippen molar-refractivity contribution in [1.82, 2.24) is 10.3 Å². The molecule has 1 aromatic heterocycles. The van der Waals surface area contributed by atoms with Crippen molar-refractivity contribution in [3.63, 3.8) is 0 Å². The molecule has 0 saturated carbocycles. The van der Waals surface area contributed by atoms with Crippen LogP contribution in [0.1, 0.15) is 34.0 Å². The van der Waals surface area contributed by atoms with Crippen LogP contribution < -0.4 is 15.8 Å². The zero-order valence-corrected chi connectivity index (χ0v) is 16.8. The summed E-state index contributed by atoms with van der Waals surface area (Å²) in [6, 6.07) is 15.9. The number of carbonyl (C=O) groups excluding carboxylic acids is 1. The average molecular weight is 429 g/mol. The highest BCUT2D eigenvalue weighted by molar-refractivity contribution is 5.92. The normalized spacial score (nSPS) is 12.4. The van der Waals surface area contributed by atoms with Crippen LogP contribution in [-0.2, 0) is 19.1 Å². The Morgan fingerprint density at radius 3 is 2.23 bits per heavy atom. The fourth-order valence-electron chi connectivity index (χ4n) is 2.93. The van der Waals surface area contributed by atoms with Crippen LogP contribution in [0.15, 0.2) is 66.9 Å². The third-order valence-corrected chi connectivity index (χ3v) is 4.64. The van der Waals surface area contributed by atoms with Crippen LogP contribution in [0.2, 0.25) is 0 Å². The Hall–Kier alpha value is -3.39. The highest BCUT2D eigenvalue weighted by Gasteiger charge is 2.29. The van der Waals surface area contributed by atoms with Crippen molar-refractivity contribution in [2.45, 2.75) is 32.1 Å². The number of ether oxygens (including phenoxy) is 1. The Balaban J connectivity index is 1.49. The summed E-state index contributed by atoms with van der Waals surface area (Å²) >= 11 is 0. The second-order valence-electron chi connectivity index (χ2n) is 7.18. The standard InChI is InChI=1S/C23H22F3N3O2/c1-15(28-13-17-2-7-19(8-3-17)23(24,25)26)12-16-4-9-20(10-5-16)31-21-11-6-18(14-29-21)22(27)30/h2-11,14-15,28H,12-13H2,1H3,(H2,27,30). The number of hydrogen-bond acceptors (Lipinski definition) is 4. The number of halogens is 3. The van der Waals surface area contributed by atoms with E-state index in [1.54, 1.807) is 12.1 Å². The van der Waals surface area contributed by atoms with E-state index in [9.17, 15) is 18.0 Å². The summed E-state index contributed by atoms with van der Waals surface area (Å²) in [5, 5.41) is 3.31. The van der Waals surface area contributed by atoms with E-state index in [1.807, 2.05) is 31.2 Å². The highest BCUT2D eigenvalue weighted by Crippen LogP contribution is 2.29. The first kappa shape index (κ1) is 22.3. The van der Waals surface area contributed by atoms with Crippen molar-refractivity contribution < 1.29 is 22.7 Å². The number of nitrogens with zero attached hydrogens (tertiary/aromatic N) is 1. The minimum absolute atomic E-state index is 0.122. The molecule has 0 radical (unpaired) electrons. The molecule has 0 aliphatic carbocycles. The third kappa shape index (κ3) is 6.55. The molecule has 8 heteroatoms. The first-order chi connectivity index (χ1) is 14.7. The van der Waals surface area contributed by atoms with E-state index in [-0.39, 0.29) is 6.04 Å². The van der Waals surface area contributed by atoms with Crippen LogP contribution in [0.3, 0.4) is 0 Å². The lowest BCUT2D eigenvalue weighted by molar-refractivity contribution is -0.137. The lowest BCUT2D eigenvalue weighted by Crippen LogP contribution is -2.27. The van der Waals surface area contributed by atoms with Crippen LogP contribution in [0.4, 0.5) is 13.2 Å². The van der Waals surface area contributed by atoms with E-state index in [2.05, 4.69) is 10.3 Å². The topological polar surface area (TPSA) is 77.2 Å². The zero-order chi connectivity index (χ0) is 22.4. The van der Waals surface area contributed by atoms with E-state index in [4.69, 9.17) is 10.5 Å². The number of carbonyl (C=O) groups is 1. The maximum atomic E-state index is 12.6. The van der Waals surface area contributed by atoms with Gasteiger partial charge >= 0.3 is 6.18 Å². The number of hydrogen-bond donors (Lipinski definition) is 2. The van der Waals surface area contributed by atoms with E-state index in [1.165, 1.54) is 18.3 Å². The predicted octanol–water partition coefficient (Wildman–Crippen LogP) is 4.71. The van der Waals surface area contributed by atoms with Gasteiger partial charge in [-0.3, -0.25) is 4.79 Å². The fourth-order valence-corrected chi connectivity index (χ4v) is 2.93. The summed E-state index contributed by atoms with van der Waals surface area (Å²) in [5.41, 5.74) is 6.71. The monoisotopic (exact) mass is 429 g/mol. The SMILES string of the molecule is CC(Cc1ccc(Oc2ccc(C(N)=O)cn2)cc1)NCc1ccc(C(F)(F)F)cc1. The molecule has 31 heavy (non-hydrogen) atoms. The molecule has 1 atom stereocenters. The van der Waals surface area contributed by atoms with Gasteiger partial charge in [-0.05, 0) is 54.8 Å². The molecule has 1 unspecified atom stereocenters. The molecular formula is C23H22F3N3O2. The van der Waals surface area contributed by atoms with Crippen LogP contribution >= 0.6 is 0 Å². The number of primary amides is 1. The Labute approximate surface area is 178 Å². The Bertz CT molecular complexity index is 1000. The van der Waals surface area contributed by atoms with Crippen LogP contribution in [0, 0.1) is 0 Å². The molecule has 0 fully saturated rings. The van der Waals surface area contributed by atoms with Crippen molar-refractivity contribution in [3.05, 3.63) is 89.1 Å². The second kappa shape index (κ2) is 9.61. The largest absolute Gasteiger partial charge is 0.439 e. The Morgan fingerprint density at radius 2 is 1.68 bits per heavy atom. The van der Waals surface area contributed by atoms with Gasteiger partial charge in [-0.2, -0.15) is 13.2 Å². The quantitative estimate of drug-likeness (QED) is 0.544. The Kier molecular flexibility index (Phi) is 6.91. The van der Waals surface area contributed by atoms with Gasteiger partial charge in [0.2, 0.25) is 11.8 Å². The van der Waals surface area contributed by atoms with E-state index < -0.39 is 17.6 Å². The van der Waals surface area contributed by atoms with Gasteiger partial charge < -0.3 is 15.8 Å². The zero-order valence-electron chi connectivity index (χ0n) is 16.8. The smallest absolute Gasteiger partial charge is 0.416 e. The van der Waals surface area contributed by atoms with Gasteiger partial charge in [0, 0.05) is 24.8 Å². The van der Waals surface area contributed by atoms with Crippen LogP contribution in [0.25, 0.3) is 0 Å². The summed E-state index contributed by atoms with van der Waals surface area (Å²) in [6.45, 7) is 2.49. The number of alkyl halides is 3. The number of nitrogens with one attached hydrogen (secondary N) is 1. The van der Waals surface area contributed by atoms with Gasteiger partial charge in [0.25, 0.3) is 0 Å². The lowest BCUT2D eigenvalue weighted by atomic mass is 10.1. The van der Waals surface area contributed by atoms with Gasteiger partial charge in [-0.25, -0.2) is 4.98 Å². The molecule has 0 aliphatic heterocycles. The van der Waals surface area contributed by atoms with Crippen molar-refractivity contribution in [3.8, 4) is 11.6 Å². The molecule has 2 aromatic carbocycles. The molecule has 0 aliphatic rings. The van der Waals surface area contributed by atoms with Crippen molar-refractivity contribution >= 4 is 5.91 Å². The number of aromatic nitrogens is 1. The van der Waals surface area contributed by atoms with Gasteiger partial charge in [0.15, 0.2) is 0 Å². The van der Waals surface area contributed by atoms with Gasteiger partial charge in [0.1, 0.15) is 5.75 Å². The van der Waals surface area contributed by atoms with E-state index in [0.29, 0.717) is 23.7 Å². The van der Waals surface area contributed by atoms with Crippen molar-refractivity contribution in [2.24, 2.45) is 5.73 Å². The Morgan fingerprint density at radius 1 is 1.03 bits per heavy atom. The summed E-state index contributed by atoms with van der Waals surface area (Å²) in [7, 11) is 0. The van der Waals surface area contributed by atoms with E-state index >= 15 is 0 Å². The fraction of sp³-hybridized carbons (Fsp3) is 0.217. The van der Waals surface area contributed by atoms with E-state index in [0.717, 1.165) is 29.7 Å². The minimum Gasteiger partial charge on any atom is -0.439 e. The van der Waals surface area contributed by atoms with Gasteiger partial charge in [-0.15, -0.1) is 0 Å². The lowest BCUT2D eigenvalue weighted by Gasteiger charge is -2.15. The first-order valence-corrected chi connectivity index (χ1v) is 9.63. The summed E-state index contributed by atoms with van der Waals surface area (Å²) in [6.07, 6.45) is -2.22. The van der Waals surface area contributed by atoms with Crippen molar-refractivity contribution in [2.75, 3.05) is 0 Å². The minimum atomic E-state index is -4.32. The molecule has 0 saturated heterocycles. The van der Waals surface area contributed by atoms with Gasteiger partial charge in [0.05, 0.1) is 11.1 Å². The first-order valence-electron chi connectivity index (χ1n) is 9.63. The average Bonchev–Trinajstić information content (AvgIpc) is 2.74. The number of benzene rings is 2. The summed E-state index contributed by atoms with van der Waals surface area (Å²) in [4.78, 5) is 15.1. The molecule has 3 N–H and O–H groups in total. The molecule has 1 heterocycles. The van der Waals surface area contributed by atoms with Crippen LogP contribution in [-0.4, -0.2) is 16.9 Å². The maximum Gasteiger partial charge on any atom is 0.416 e. The molecule has 0 spiro atoms. The number of pyridine rings is 1. The molecule has 0 bridgehead atoms. The predicted molar refractivity (Wildman–Crippen MR) is 111 cm³/mol. The summed E-state index contributed by atoms with van der Waals surface area (Å²) in [5.74, 6) is 0.405. The molecular weight excluding hydrogens is 407 g/mol.